The lowest BCUT2D eigenvalue weighted by molar-refractivity contribution is 0.0219. The molecule has 1 aromatic rings. The molecule has 1 aliphatic rings. The van der Waals surface area contributed by atoms with Crippen molar-refractivity contribution in [2.45, 2.75) is 12.5 Å². The fraction of sp³-hybridized carbons (Fsp3) is 0.364. The van der Waals surface area contributed by atoms with Crippen LogP contribution < -0.4 is 4.90 Å². The molecule has 1 N–H and O–H groups in total. The second kappa shape index (κ2) is 3.75. The summed E-state index contributed by atoms with van der Waals surface area (Å²) in [6.45, 7) is 1.58. The van der Waals surface area contributed by atoms with E-state index in [1.807, 2.05) is 0 Å². The summed E-state index contributed by atoms with van der Waals surface area (Å²) in [6.07, 6.45) is -0.567. The van der Waals surface area contributed by atoms with E-state index in [1.54, 1.807) is 13.0 Å². The van der Waals surface area contributed by atoms with Crippen LogP contribution in [0.3, 0.4) is 0 Å². The first-order valence-corrected chi connectivity index (χ1v) is 4.91. The van der Waals surface area contributed by atoms with Crippen molar-refractivity contribution < 1.29 is 19.0 Å². The zero-order valence-electron chi connectivity index (χ0n) is 8.81. The average Bonchev–Trinajstić information content (AvgIpc) is 2.55. The lowest BCUT2D eigenvalue weighted by Crippen LogP contribution is -2.34. The average molecular weight is 225 g/mol. The Morgan fingerprint density at radius 2 is 2.38 bits per heavy atom. The van der Waals surface area contributed by atoms with Crippen molar-refractivity contribution in [3.05, 3.63) is 30.1 Å². The maximum absolute atomic E-state index is 13.0. The Morgan fingerprint density at radius 1 is 1.62 bits per heavy atom. The van der Waals surface area contributed by atoms with Crippen LogP contribution in [-0.4, -0.2) is 30.0 Å². The van der Waals surface area contributed by atoms with Crippen molar-refractivity contribution >= 4 is 11.8 Å². The van der Waals surface area contributed by atoms with Crippen molar-refractivity contribution in [3.63, 3.8) is 0 Å². The molecule has 1 amide bonds. The Kier molecular flexibility index (Phi) is 2.55. The van der Waals surface area contributed by atoms with Gasteiger partial charge in [-0.2, -0.15) is 0 Å². The van der Waals surface area contributed by atoms with Crippen LogP contribution >= 0.6 is 0 Å². The molecule has 0 radical (unpaired) electrons. The quantitative estimate of drug-likeness (QED) is 0.830. The smallest absolute Gasteiger partial charge is 0.415 e. The molecule has 1 aliphatic heterocycles. The molecule has 4 nitrogen and oxygen atoms in total. The monoisotopic (exact) mass is 225 g/mol. The van der Waals surface area contributed by atoms with E-state index in [4.69, 9.17) is 9.84 Å². The van der Waals surface area contributed by atoms with Crippen molar-refractivity contribution in [1.82, 2.24) is 0 Å². The predicted molar refractivity (Wildman–Crippen MR) is 55.7 cm³/mol. The Balaban J connectivity index is 2.27. The lowest BCUT2D eigenvalue weighted by atomic mass is 10.1. The first kappa shape index (κ1) is 10.9. The molecule has 5 heteroatoms. The van der Waals surface area contributed by atoms with Gasteiger partial charge in [0.1, 0.15) is 5.82 Å². The molecule has 1 saturated heterocycles. The number of hydrogen-bond donors (Lipinski definition) is 1. The van der Waals surface area contributed by atoms with E-state index in [0.717, 1.165) is 0 Å². The van der Waals surface area contributed by atoms with Crippen LogP contribution in [0.5, 0.6) is 0 Å². The molecule has 86 valence electrons. The SMILES string of the molecule is CC1(CO)CN(c2cccc(F)c2)C(=O)O1. The minimum atomic E-state index is -0.913. The number of carbonyl (C=O) groups is 1. The highest BCUT2D eigenvalue weighted by Gasteiger charge is 2.41. The second-order valence-electron chi connectivity index (χ2n) is 4.04. The highest BCUT2D eigenvalue weighted by Crippen LogP contribution is 2.27. The molecule has 0 aliphatic carbocycles. The van der Waals surface area contributed by atoms with Gasteiger partial charge in [-0.3, -0.25) is 4.90 Å². The van der Waals surface area contributed by atoms with E-state index in [-0.39, 0.29) is 13.2 Å². The first-order chi connectivity index (χ1) is 7.54. The van der Waals surface area contributed by atoms with Gasteiger partial charge in [0.15, 0.2) is 5.60 Å². The molecule has 0 aromatic heterocycles. The molecule has 1 heterocycles. The first-order valence-electron chi connectivity index (χ1n) is 4.91. The number of nitrogens with zero attached hydrogens (tertiary/aromatic N) is 1. The van der Waals surface area contributed by atoms with Gasteiger partial charge in [0.25, 0.3) is 0 Å². The Morgan fingerprint density at radius 3 is 2.94 bits per heavy atom. The van der Waals surface area contributed by atoms with Gasteiger partial charge in [-0.15, -0.1) is 0 Å². The number of benzene rings is 1. The van der Waals surface area contributed by atoms with Gasteiger partial charge in [0, 0.05) is 0 Å². The number of halogens is 1. The maximum atomic E-state index is 13.0. The van der Waals surface area contributed by atoms with Gasteiger partial charge in [0.2, 0.25) is 0 Å². The maximum Gasteiger partial charge on any atom is 0.415 e. The number of carbonyl (C=O) groups excluding carboxylic acids is 1. The van der Waals surface area contributed by atoms with Crippen molar-refractivity contribution in [3.8, 4) is 0 Å². The molecule has 16 heavy (non-hydrogen) atoms. The van der Waals surface area contributed by atoms with Gasteiger partial charge in [0.05, 0.1) is 18.8 Å². The third kappa shape index (κ3) is 1.86. The van der Waals surface area contributed by atoms with Crippen LogP contribution in [0.4, 0.5) is 14.9 Å². The van der Waals surface area contributed by atoms with Crippen molar-refractivity contribution in [2.24, 2.45) is 0 Å². The summed E-state index contributed by atoms with van der Waals surface area (Å²) in [6, 6.07) is 5.69. The molecular weight excluding hydrogens is 213 g/mol. The summed E-state index contributed by atoms with van der Waals surface area (Å²) in [7, 11) is 0. The highest BCUT2D eigenvalue weighted by molar-refractivity contribution is 5.90. The standard InChI is InChI=1S/C11H12FNO3/c1-11(7-14)6-13(10(15)16-11)9-4-2-3-8(12)5-9/h2-5,14H,6-7H2,1H3. The van der Waals surface area contributed by atoms with E-state index in [1.165, 1.54) is 23.1 Å². The molecule has 2 rings (SSSR count). The fourth-order valence-electron chi connectivity index (χ4n) is 1.62. The third-order valence-electron chi connectivity index (χ3n) is 2.50. The zero-order chi connectivity index (χ0) is 11.8. The van der Waals surface area contributed by atoms with Gasteiger partial charge in [-0.1, -0.05) is 6.07 Å². The number of cyclic esters (lactones) is 1. The van der Waals surface area contributed by atoms with Crippen LogP contribution in [0, 0.1) is 5.82 Å². The summed E-state index contributed by atoms with van der Waals surface area (Å²) < 4.78 is 18.0. The third-order valence-corrected chi connectivity index (χ3v) is 2.50. The van der Waals surface area contributed by atoms with Gasteiger partial charge >= 0.3 is 6.09 Å². The number of anilines is 1. The number of aliphatic hydroxyl groups is 1. The van der Waals surface area contributed by atoms with E-state index < -0.39 is 17.5 Å². The second-order valence-corrected chi connectivity index (χ2v) is 4.04. The topological polar surface area (TPSA) is 49.8 Å². The molecule has 0 saturated carbocycles. The zero-order valence-corrected chi connectivity index (χ0v) is 8.81. The number of aliphatic hydroxyl groups excluding tert-OH is 1. The fourth-order valence-corrected chi connectivity index (χ4v) is 1.62. The van der Waals surface area contributed by atoms with Gasteiger partial charge in [-0.25, -0.2) is 9.18 Å². The Labute approximate surface area is 92.2 Å². The number of hydrogen-bond acceptors (Lipinski definition) is 3. The number of ether oxygens (including phenoxy) is 1. The van der Waals surface area contributed by atoms with E-state index >= 15 is 0 Å². The largest absolute Gasteiger partial charge is 0.438 e. The molecule has 0 spiro atoms. The minimum Gasteiger partial charge on any atom is -0.438 e. The van der Waals surface area contributed by atoms with Crippen molar-refractivity contribution in [2.75, 3.05) is 18.1 Å². The van der Waals surface area contributed by atoms with Crippen LogP contribution in [0.15, 0.2) is 24.3 Å². The van der Waals surface area contributed by atoms with Crippen LogP contribution in [0.2, 0.25) is 0 Å². The molecule has 1 aromatic carbocycles. The summed E-state index contributed by atoms with van der Waals surface area (Å²) >= 11 is 0. The molecule has 1 atom stereocenters. The van der Waals surface area contributed by atoms with Crippen LogP contribution in [0.1, 0.15) is 6.92 Å². The highest BCUT2D eigenvalue weighted by atomic mass is 19.1. The van der Waals surface area contributed by atoms with E-state index in [9.17, 15) is 9.18 Å². The van der Waals surface area contributed by atoms with E-state index in [0.29, 0.717) is 5.69 Å². The number of amides is 1. The summed E-state index contributed by atoms with van der Waals surface area (Å²) in [5.74, 6) is -0.414. The van der Waals surface area contributed by atoms with Crippen molar-refractivity contribution in [1.29, 1.82) is 0 Å². The number of rotatable bonds is 2. The molecule has 1 unspecified atom stereocenters. The van der Waals surface area contributed by atoms with Gasteiger partial charge < -0.3 is 9.84 Å². The van der Waals surface area contributed by atoms with Crippen LogP contribution in [-0.2, 0) is 4.74 Å². The Hall–Kier alpha value is -1.62. The lowest BCUT2D eigenvalue weighted by Gasteiger charge is -2.18. The van der Waals surface area contributed by atoms with Crippen LogP contribution in [0.25, 0.3) is 0 Å². The van der Waals surface area contributed by atoms with Gasteiger partial charge in [-0.05, 0) is 25.1 Å². The predicted octanol–water partition coefficient (Wildman–Crippen LogP) is 1.53. The minimum absolute atomic E-state index is 0.214. The molecule has 1 fully saturated rings. The molecular formula is C11H12FNO3. The van der Waals surface area contributed by atoms with E-state index in [2.05, 4.69) is 0 Å². The Bertz CT molecular complexity index is 423. The normalized spacial score (nSPS) is 24.7. The summed E-state index contributed by atoms with van der Waals surface area (Å²) in [4.78, 5) is 12.8. The summed E-state index contributed by atoms with van der Waals surface area (Å²) in [5, 5.41) is 9.08. The molecule has 0 bridgehead atoms. The summed E-state index contributed by atoms with van der Waals surface area (Å²) in [5.41, 5.74) is -0.481.